The normalized spacial score (nSPS) is 14.5. The summed E-state index contributed by atoms with van der Waals surface area (Å²) in [6.45, 7) is 0. The summed E-state index contributed by atoms with van der Waals surface area (Å²) >= 11 is 15.0. The summed E-state index contributed by atoms with van der Waals surface area (Å²) in [6, 6.07) is 0. The number of rotatable bonds is 1. The van der Waals surface area contributed by atoms with Crippen LogP contribution in [-0.4, -0.2) is 11.0 Å². The zero-order valence-electron chi connectivity index (χ0n) is 4.42. The minimum Gasteiger partial charge on any atom is -0.167 e. The van der Waals surface area contributed by atoms with Gasteiger partial charge in [0.1, 0.15) is 4.84 Å². The van der Waals surface area contributed by atoms with Crippen molar-refractivity contribution in [3.05, 3.63) is 11.1 Å². The summed E-state index contributed by atoms with van der Waals surface area (Å²) in [7, 11) is 0. The molecule has 0 aromatic heterocycles. The Balaban J connectivity index is 4.17. The van der Waals surface area contributed by atoms with E-state index in [9.17, 15) is 13.2 Å². The lowest BCUT2D eigenvalue weighted by Gasteiger charge is -2.01. The van der Waals surface area contributed by atoms with Gasteiger partial charge in [-0.2, -0.15) is 13.2 Å². The quantitative estimate of drug-likeness (QED) is 0.585. The Bertz CT molecular complexity index is 137. The predicted octanol–water partition coefficient (Wildman–Crippen LogP) is 3.48. The summed E-state index contributed by atoms with van der Waals surface area (Å²) in [4.78, 5) is -1.32. The van der Waals surface area contributed by atoms with Crippen molar-refractivity contribution >= 4 is 34.8 Å². The van der Waals surface area contributed by atoms with Crippen LogP contribution in [0.1, 0.15) is 0 Å². The number of hydrogen-bond donors (Lipinski definition) is 0. The van der Waals surface area contributed by atoms with E-state index in [0.717, 1.165) is 0 Å². The van der Waals surface area contributed by atoms with Crippen molar-refractivity contribution in [2.45, 2.75) is 11.0 Å². The molecule has 0 nitrogen and oxygen atoms in total. The number of hydrogen-bond acceptors (Lipinski definition) is 0. The lowest BCUT2D eigenvalue weighted by atomic mass is 10.5. The Morgan fingerprint density at radius 1 is 1.30 bits per heavy atom. The van der Waals surface area contributed by atoms with Crippen LogP contribution >= 0.6 is 34.8 Å². The summed E-state index contributed by atoms with van der Waals surface area (Å²) in [5, 5.41) is -0.629. The highest BCUT2D eigenvalue weighted by Crippen LogP contribution is 2.25. The van der Waals surface area contributed by atoms with Crippen molar-refractivity contribution in [3.63, 3.8) is 0 Å². The molecule has 0 aliphatic heterocycles. The predicted molar refractivity (Wildman–Crippen MR) is 35.5 cm³/mol. The van der Waals surface area contributed by atoms with E-state index in [2.05, 4.69) is 0 Å². The molecule has 0 unspecified atom stereocenters. The zero-order chi connectivity index (χ0) is 8.36. The molecule has 10 heavy (non-hydrogen) atoms. The van der Waals surface area contributed by atoms with Crippen molar-refractivity contribution in [2.24, 2.45) is 0 Å². The van der Waals surface area contributed by atoms with E-state index in [1.54, 1.807) is 0 Å². The number of allylic oxidation sites excluding steroid dienone is 2. The second-order valence-corrected chi connectivity index (χ2v) is 2.90. The molecule has 0 aromatic rings. The first kappa shape index (κ1) is 10.4. The molecule has 60 valence electrons. The van der Waals surface area contributed by atoms with E-state index in [4.69, 9.17) is 34.8 Å². The molecule has 0 radical (unpaired) electrons. The summed E-state index contributed by atoms with van der Waals surface area (Å²) in [6.07, 6.45) is -4.61. The monoisotopic (exact) mass is 212 g/mol. The van der Waals surface area contributed by atoms with Gasteiger partial charge in [-0.3, -0.25) is 0 Å². The molecule has 0 heterocycles. The van der Waals surface area contributed by atoms with Crippen LogP contribution in [0.4, 0.5) is 13.2 Å². The second kappa shape index (κ2) is 3.69. The fourth-order valence-electron chi connectivity index (χ4n) is 0.219. The minimum absolute atomic E-state index is 0.154. The Labute approximate surface area is 70.6 Å². The highest BCUT2D eigenvalue weighted by molar-refractivity contribution is 6.52. The van der Waals surface area contributed by atoms with Gasteiger partial charge in [-0.1, -0.05) is 34.8 Å². The smallest absolute Gasteiger partial charge is 0.167 e. The maximum Gasteiger partial charge on any atom is 0.410 e. The Morgan fingerprint density at radius 2 is 1.70 bits per heavy atom. The molecule has 0 atom stereocenters. The molecule has 0 aromatic carbocycles. The fourth-order valence-corrected chi connectivity index (χ4v) is 0.469. The van der Waals surface area contributed by atoms with Crippen molar-refractivity contribution in [1.82, 2.24) is 0 Å². The van der Waals surface area contributed by atoms with E-state index in [0.29, 0.717) is 0 Å². The molecule has 0 fully saturated rings. The van der Waals surface area contributed by atoms with Gasteiger partial charge in [0.15, 0.2) is 0 Å². The topological polar surface area (TPSA) is 0 Å². The Kier molecular flexibility index (Phi) is 3.84. The molecule has 0 N–H and O–H groups in total. The average Bonchev–Trinajstić information content (AvgIpc) is 1.60. The van der Waals surface area contributed by atoms with Crippen LogP contribution in [0.2, 0.25) is 0 Å². The van der Waals surface area contributed by atoms with Crippen LogP contribution in [0.25, 0.3) is 0 Å². The standard InChI is InChI=1S/C4H2Cl3F3/c5-2(3(6)7)1-4(8,9)10/h1,3H. The van der Waals surface area contributed by atoms with Crippen LogP contribution in [0.15, 0.2) is 11.1 Å². The van der Waals surface area contributed by atoms with Gasteiger partial charge >= 0.3 is 6.18 Å². The van der Waals surface area contributed by atoms with Gasteiger partial charge in [0.25, 0.3) is 0 Å². The maximum atomic E-state index is 11.4. The first-order valence-electron chi connectivity index (χ1n) is 2.06. The summed E-state index contributed by atoms with van der Waals surface area (Å²) in [5.41, 5.74) is 0. The van der Waals surface area contributed by atoms with E-state index >= 15 is 0 Å². The largest absolute Gasteiger partial charge is 0.410 e. The molecule has 0 saturated heterocycles. The molecule has 0 saturated carbocycles. The third-order valence-corrected chi connectivity index (χ3v) is 1.53. The highest BCUT2D eigenvalue weighted by atomic mass is 35.5. The first-order valence-corrected chi connectivity index (χ1v) is 3.31. The number of halogens is 6. The van der Waals surface area contributed by atoms with E-state index in [-0.39, 0.29) is 6.08 Å². The molecule has 0 aliphatic carbocycles. The van der Waals surface area contributed by atoms with Crippen molar-refractivity contribution in [2.75, 3.05) is 0 Å². The lowest BCUT2D eigenvalue weighted by Crippen LogP contribution is -2.03. The van der Waals surface area contributed by atoms with Gasteiger partial charge in [0.05, 0.1) is 5.03 Å². The van der Waals surface area contributed by atoms with Crippen molar-refractivity contribution in [1.29, 1.82) is 0 Å². The molecular weight excluding hydrogens is 211 g/mol. The van der Waals surface area contributed by atoms with Gasteiger partial charge in [-0.25, -0.2) is 0 Å². The van der Waals surface area contributed by atoms with E-state index in [1.807, 2.05) is 0 Å². The maximum absolute atomic E-state index is 11.4. The average molecular weight is 213 g/mol. The molecule has 0 rings (SSSR count). The van der Waals surface area contributed by atoms with Gasteiger partial charge in [0, 0.05) is 6.08 Å². The van der Waals surface area contributed by atoms with Crippen molar-refractivity contribution < 1.29 is 13.2 Å². The van der Waals surface area contributed by atoms with Gasteiger partial charge in [-0.05, 0) is 0 Å². The minimum atomic E-state index is -4.46. The Hall–Kier alpha value is 0.400. The van der Waals surface area contributed by atoms with Gasteiger partial charge in [-0.15, -0.1) is 0 Å². The Morgan fingerprint density at radius 3 is 1.80 bits per heavy atom. The van der Waals surface area contributed by atoms with Crippen molar-refractivity contribution in [3.8, 4) is 0 Å². The fraction of sp³-hybridized carbons (Fsp3) is 0.500. The van der Waals surface area contributed by atoms with E-state index in [1.165, 1.54) is 0 Å². The molecule has 0 amide bonds. The SMILES string of the molecule is FC(F)(F)C=C(Cl)C(Cl)Cl. The molecule has 0 bridgehead atoms. The third-order valence-electron chi connectivity index (χ3n) is 0.510. The first-order chi connectivity index (χ1) is 4.33. The summed E-state index contributed by atoms with van der Waals surface area (Å²) < 4.78 is 34.2. The molecule has 6 heteroatoms. The highest BCUT2D eigenvalue weighted by Gasteiger charge is 2.25. The van der Waals surface area contributed by atoms with E-state index < -0.39 is 16.0 Å². The van der Waals surface area contributed by atoms with Crippen LogP contribution in [0.3, 0.4) is 0 Å². The van der Waals surface area contributed by atoms with Gasteiger partial charge in [0.2, 0.25) is 0 Å². The van der Waals surface area contributed by atoms with Crippen LogP contribution in [0, 0.1) is 0 Å². The van der Waals surface area contributed by atoms with Crippen LogP contribution in [-0.2, 0) is 0 Å². The third kappa shape index (κ3) is 5.21. The molecular formula is C4H2Cl3F3. The lowest BCUT2D eigenvalue weighted by molar-refractivity contribution is -0.0801. The molecule has 0 spiro atoms. The van der Waals surface area contributed by atoms with Gasteiger partial charge < -0.3 is 0 Å². The summed E-state index contributed by atoms with van der Waals surface area (Å²) in [5.74, 6) is 0. The second-order valence-electron chi connectivity index (χ2n) is 1.37. The number of alkyl halides is 5. The van der Waals surface area contributed by atoms with Crippen LogP contribution < -0.4 is 0 Å². The molecule has 0 aliphatic rings. The zero-order valence-corrected chi connectivity index (χ0v) is 6.69. The van der Waals surface area contributed by atoms with Crippen LogP contribution in [0.5, 0.6) is 0 Å².